The third-order valence-corrected chi connectivity index (χ3v) is 5.29. The molecular weight excluding hydrogens is 372 g/mol. The molecule has 2 aromatic carbocycles. The molecule has 2 unspecified atom stereocenters. The van der Waals surface area contributed by atoms with Gasteiger partial charge in [0.1, 0.15) is 6.04 Å². The van der Waals surface area contributed by atoms with Crippen LogP contribution in [-0.4, -0.2) is 28.8 Å². The lowest BCUT2D eigenvalue weighted by atomic mass is 10.1. The van der Waals surface area contributed by atoms with E-state index >= 15 is 0 Å². The number of rotatable bonds is 8. The van der Waals surface area contributed by atoms with Crippen molar-refractivity contribution in [2.45, 2.75) is 59.2 Å². The largest absolute Gasteiger partial charge is 0.352 e. The molecule has 5 heteroatoms. The first-order valence-corrected chi connectivity index (χ1v) is 10.1. The molecule has 1 N–H and O–H groups in total. The Labute approximate surface area is 172 Å². The number of halogens is 1. The third-order valence-electron chi connectivity index (χ3n) is 5.04. The maximum Gasteiger partial charge on any atom is 0.242 e. The maximum atomic E-state index is 13.1. The molecule has 0 aliphatic carbocycles. The molecule has 0 aliphatic heterocycles. The predicted octanol–water partition coefficient (Wildman–Crippen LogP) is 4.52. The van der Waals surface area contributed by atoms with Crippen LogP contribution in [0.1, 0.15) is 43.9 Å². The van der Waals surface area contributed by atoms with Crippen LogP contribution >= 0.6 is 11.6 Å². The second kappa shape index (κ2) is 10.3. The number of amides is 2. The van der Waals surface area contributed by atoms with Crippen molar-refractivity contribution in [2.75, 3.05) is 0 Å². The summed E-state index contributed by atoms with van der Waals surface area (Å²) in [4.78, 5) is 27.5. The highest BCUT2D eigenvalue weighted by Crippen LogP contribution is 2.16. The predicted molar refractivity (Wildman–Crippen MR) is 114 cm³/mol. The van der Waals surface area contributed by atoms with E-state index in [2.05, 4.69) is 5.32 Å². The van der Waals surface area contributed by atoms with E-state index in [1.165, 1.54) is 0 Å². The van der Waals surface area contributed by atoms with Crippen LogP contribution in [0.3, 0.4) is 0 Å². The Morgan fingerprint density at radius 1 is 1.07 bits per heavy atom. The van der Waals surface area contributed by atoms with E-state index in [-0.39, 0.29) is 24.3 Å². The van der Waals surface area contributed by atoms with E-state index in [0.717, 1.165) is 23.1 Å². The van der Waals surface area contributed by atoms with Crippen LogP contribution in [0.25, 0.3) is 0 Å². The number of carbonyl (C=O) groups excluding carboxylic acids is 2. The van der Waals surface area contributed by atoms with Crippen molar-refractivity contribution in [3.05, 3.63) is 70.2 Å². The van der Waals surface area contributed by atoms with Gasteiger partial charge in [-0.05, 0) is 56.0 Å². The van der Waals surface area contributed by atoms with Gasteiger partial charge in [0.05, 0.1) is 6.42 Å². The number of aryl methyl sites for hydroxylation is 1. The zero-order chi connectivity index (χ0) is 20.7. The summed E-state index contributed by atoms with van der Waals surface area (Å²) in [6.07, 6.45) is 1.07. The van der Waals surface area contributed by atoms with E-state index in [1.54, 1.807) is 24.0 Å². The molecule has 0 fully saturated rings. The van der Waals surface area contributed by atoms with E-state index in [9.17, 15) is 9.59 Å². The third kappa shape index (κ3) is 6.10. The monoisotopic (exact) mass is 400 g/mol. The van der Waals surface area contributed by atoms with Crippen molar-refractivity contribution in [3.63, 3.8) is 0 Å². The average molecular weight is 401 g/mol. The quantitative estimate of drug-likeness (QED) is 0.708. The Kier molecular flexibility index (Phi) is 8.06. The highest BCUT2D eigenvalue weighted by molar-refractivity contribution is 6.30. The van der Waals surface area contributed by atoms with Crippen molar-refractivity contribution in [1.82, 2.24) is 10.2 Å². The second-order valence-electron chi connectivity index (χ2n) is 7.25. The van der Waals surface area contributed by atoms with Crippen molar-refractivity contribution < 1.29 is 9.59 Å². The van der Waals surface area contributed by atoms with Gasteiger partial charge in [-0.1, -0.05) is 54.9 Å². The van der Waals surface area contributed by atoms with E-state index in [0.29, 0.717) is 11.6 Å². The van der Waals surface area contributed by atoms with Crippen molar-refractivity contribution in [3.8, 4) is 0 Å². The van der Waals surface area contributed by atoms with Gasteiger partial charge in [-0.3, -0.25) is 9.59 Å². The summed E-state index contributed by atoms with van der Waals surface area (Å²) in [5.41, 5.74) is 3.01. The summed E-state index contributed by atoms with van der Waals surface area (Å²) in [6.45, 7) is 8.18. The number of hydrogen-bond acceptors (Lipinski definition) is 2. The first-order valence-electron chi connectivity index (χ1n) is 9.70. The van der Waals surface area contributed by atoms with Gasteiger partial charge in [-0.25, -0.2) is 0 Å². The number of benzene rings is 2. The molecule has 2 atom stereocenters. The Bertz CT molecular complexity index is 805. The molecular formula is C23H29ClN2O2. The minimum Gasteiger partial charge on any atom is -0.352 e. The van der Waals surface area contributed by atoms with Gasteiger partial charge < -0.3 is 10.2 Å². The molecule has 0 aliphatic rings. The van der Waals surface area contributed by atoms with Crippen LogP contribution in [-0.2, 0) is 22.6 Å². The molecule has 4 nitrogen and oxygen atoms in total. The van der Waals surface area contributed by atoms with Crippen LogP contribution in [0.5, 0.6) is 0 Å². The molecule has 0 spiro atoms. The molecule has 0 aromatic heterocycles. The molecule has 0 radical (unpaired) electrons. The Hall–Kier alpha value is -2.33. The van der Waals surface area contributed by atoms with Gasteiger partial charge in [-0.2, -0.15) is 0 Å². The highest BCUT2D eigenvalue weighted by Gasteiger charge is 2.27. The molecule has 0 saturated carbocycles. The summed E-state index contributed by atoms with van der Waals surface area (Å²) in [6, 6.07) is 14.7. The molecule has 150 valence electrons. The zero-order valence-electron chi connectivity index (χ0n) is 17.0. The summed E-state index contributed by atoms with van der Waals surface area (Å²) in [7, 11) is 0. The van der Waals surface area contributed by atoms with Gasteiger partial charge in [0.2, 0.25) is 11.8 Å². The van der Waals surface area contributed by atoms with Crippen LogP contribution in [0, 0.1) is 6.92 Å². The fourth-order valence-electron chi connectivity index (χ4n) is 2.90. The first-order chi connectivity index (χ1) is 13.3. The van der Waals surface area contributed by atoms with Gasteiger partial charge in [0.25, 0.3) is 0 Å². The lowest BCUT2D eigenvalue weighted by Crippen LogP contribution is -2.50. The topological polar surface area (TPSA) is 49.4 Å². The van der Waals surface area contributed by atoms with Crippen LogP contribution < -0.4 is 5.32 Å². The van der Waals surface area contributed by atoms with Gasteiger partial charge in [-0.15, -0.1) is 0 Å². The van der Waals surface area contributed by atoms with E-state index < -0.39 is 6.04 Å². The molecule has 2 aromatic rings. The average Bonchev–Trinajstić information content (AvgIpc) is 2.68. The number of nitrogens with one attached hydrogen (secondary N) is 1. The Morgan fingerprint density at radius 3 is 2.32 bits per heavy atom. The zero-order valence-corrected chi connectivity index (χ0v) is 17.8. The summed E-state index contributed by atoms with van der Waals surface area (Å²) in [5.74, 6) is -0.218. The summed E-state index contributed by atoms with van der Waals surface area (Å²) >= 11 is 5.94. The van der Waals surface area contributed by atoms with Crippen molar-refractivity contribution in [1.29, 1.82) is 0 Å². The Morgan fingerprint density at radius 2 is 1.71 bits per heavy atom. The SMILES string of the molecule is CCC(C)NC(=O)C(C)N(Cc1ccccc1C)C(=O)Cc1ccc(Cl)cc1. The summed E-state index contributed by atoms with van der Waals surface area (Å²) in [5, 5.41) is 3.62. The Balaban J connectivity index is 2.23. The van der Waals surface area contributed by atoms with E-state index in [4.69, 9.17) is 11.6 Å². The normalized spacial score (nSPS) is 12.9. The molecule has 0 bridgehead atoms. The van der Waals surface area contributed by atoms with Crippen LogP contribution in [0.2, 0.25) is 5.02 Å². The van der Waals surface area contributed by atoms with Gasteiger partial charge >= 0.3 is 0 Å². The van der Waals surface area contributed by atoms with Gasteiger partial charge in [0.15, 0.2) is 0 Å². The molecule has 0 heterocycles. The lowest BCUT2D eigenvalue weighted by Gasteiger charge is -2.30. The smallest absolute Gasteiger partial charge is 0.242 e. The van der Waals surface area contributed by atoms with Crippen molar-refractivity contribution >= 4 is 23.4 Å². The maximum absolute atomic E-state index is 13.1. The molecule has 2 rings (SSSR count). The number of carbonyl (C=O) groups is 2. The number of hydrogen-bond donors (Lipinski definition) is 1. The van der Waals surface area contributed by atoms with Crippen molar-refractivity contribution in [2.24, 2.45) is 0 Å². The van der Waals surface area contributed by atoms with E-state index in [1.807, 2.05) is 57.2 Å². The highest BCUT2D eigenvalue weighted by atomic mass is 35.5. The van der Waals surface area contributed by atoms with Crippen LogP contribution in [0.15, 0.2) is 48.5 Å². The minimum atomic E-state index is -0.562. The minimum absolute atomic E-state index is 0.0710. The number of nitrogens with zero attached hydrogens (tertiary/aromatic N) is 1. The lowest BCUT2D eigenvalue weighted by molar-refractivity contribution is -0.140. The molecule has 28 heavy (non-hydrogen) atoms. The molecule has 2 amide bonds. The molecule has 0 saturated heterocycles. The van der Waals surface area contributed by atoms with Gasteiger partial charge in [0, 0.05) is 17.6 Å². The van der Waals surface area contributed by atoms with Crippen LogP contribution in [0.4, 0.5) is 0 Å². The standard InChI is InChI=1S/C23H29ClN2O2/c1-5-17(3)25-23(28)18(4)26(15-20-9-7-6-8-16(20)2)22(27)14-19-10-12-21(24)13-11-19/h6-13,17-18H,5,14-15H2,1-4H3,(H,25,28). The summed E-state index contributed by atoms with van der Waals surface area (Å²) < 4.78 is 0. The fourth-order valence-corrected chi connectivity index (χ4v) is 3.02. The fraction of sp³-hybridized carbons (Fsp3) is 0.391. The first kappa shape index (κ1) is 22.0. The second-order valence-corrected chi connectivity index (χ2v) is 7.68.